The van der Waals surface area contributed by atoms with E-state index in [0.717, 1.165) is 11.8 Å². The minimum atomic E-state index is -3.26. The molecule has 0 aliphatic rings. The van der Waals surface area contributed by atoms with E-state index in [1.165, 1.54) is 12.1 Å². The summed E-state index contributed by atoms with van der Waals surface area (Å²) in [5.74, 6) is -0.938. The molecule has 0 heterocycles. The van der Waals surface area contributed by atoms with Crippen LogP contribution in [0.5, 0.6) is 0 Å². The van der Waals surface area contributed by atoms with Crippen molar-refractivity contribution in [1.82, 2.24) is 0 Å². The molecule has 0 fully saturated rings. The molecule has 0 aromatic heterocycles. The van der Waals surface area contributed by atoms with Crippen molar-refractivity contribution in [1.29, 1.82) is 0 Å². The maximum absolute atomic E-state index is 11.4. The first kappa shape index (κ1) is 15.7. The van der Waals surface area contributed by atoms with Crippen LogP contribution in [-0.2, 0) is 20.0 Å². The molecule has 0 bridgehead atoms. The van der Waals surface area contributed by atoms with E-state index in [1.807, 2.05) is 0 Å². The van der Waals surface area contributed by atoms with Gasteiger partial charge in [0.1, 0.15) is 0 Å². The zero-order valence-corrected chi connectivity index (χ0v) is 12.1. The van der Waals surface area contributed by atoms with Gasteiger partial charge in [0.2, 0.25) is 0 Å². The van der Waals surface area contributed by atoms with Crippen LogP contribution >= 0.6 is 0 Å². The van der Waals surface area contributed by atoms with Crippen molar-refractivity contribution in [3.8, 4) is 0 Å². The van der Waals surface area contributed by atoms with Gasteiger partial charge in [0.05, 0.1) is 11.3 Å². The minimum absolute atomic E-state index is 0.108. The molecule has 5 nitrogen and oxygen atoms in total. The average Bonchev–Trinajstić information content (AvgIpc) is 2.26. The molecule has 0 aliphatic carbocycles. The molecule has 106 valence electrons. The lowest BCUT2D eigenvalue weighted by atomic mass is 9.74. The highest BCUT2D eigenvalue weighted by Crippen LogP contribution is 2.31. The predicted octanol–water partition coefficient (Wildman–Crippen LogP) is 1.17. The second-order valence-electron chi connectivity index (χ2n) is 5.07. The van der Waals surface area contributed by atoms with E-state index in [9.17, 15) is 13.2 Å². The molecule has 1 aromatic rings. The number of rotatable bonds is 5. The van der Waals surface area contributed by atoms with Crippen LogP contribution in [0.4, 0.5) is 0 Å². The summed E-state index contributed by atoms with van der Waals surface area (Å²) >= 11 is 0. The molecule has 0 saturated heterocycles. The first-order valence-corrected chi connectivity index (χ1v) is 7.74. The van der Waals surface area contributed by atoms with Crippen molar-refractivity contribution in [3.63, 3.8) is 0 Å². The molecule has 0 amide bonds. The van der Waals surface area contributed by atoms with Crippen LogP contribution in [0, 0.1) is 0 Å². The molecule has 1 rings (SSSR count). The normalized spacial score (nSPS) is 16.6. The Morgan fingerprint density at radius 2 is 1.84 bits per heavy atom. The Balaban J connectivity index is 3.23. The first-order valence-electron chi connectivity index (χ1n) is 5.85. The molecule has 0 spiro atoms. The number of sulfone groups is 1. The fourth-order valence-electron chi connectivity index (χ4n) is 1.92. The Labute approximate surface area is 113 Å². The number of carboxylic acid groups (broad SMARTS) is 1. The summed E-state index contributed by atoms with van der Waals surface area (Å²) in [7, 11) is -3.26. The van der Waals surface area contributed by atoms with Gasteiger partial charge < -0.3 is 10.8 Å². The van der Waals surface area contributed by atoms with Gasteiger partial charge in [-0.15, -0.1) is 0 Å². The highest BCUT2D eigenvalue weighted by atomic mass is 32.2. The van der Waals surface area contributed by atoms with E-state index in [1.54, 1.807) is 26.0 Å². The number of hydrogen-bond donors (Lipinski definition) is 2. The maximum atomic E-state index is 11.4. The summed E-state index contributed by atoms with van der Waals surface area (Å²) in [5.41, 5.74) is 5.88. The number of carboxylic acids is 1. The largest absolute Gasteiger partial charge is 0.481 e. The van der Waals surface area contributed by atoms with Crippen molar-refractivity contribution < 1.29 is 18.3 Å². The SMILES string of the molecule is CC(N)C(C)(CC(=O)O)c1ccc(S(C)(=O)=O)cc1. The third-order valence-electron chi connectivity index (χ3n) is 3.47. The number of hydrogen-bond acceptors (Lipinski definition) is 4. The molecule has 3 N–H and O–H groups in total. The summed E-state index contributed by atoms with van der Waals surface area (Å²) in [6.45, 7) is 3.51. The Morgan fingerprint density at radius 3 is 2.16 bits per heavy atom. The third-order valence-corrected chi connectivity index (χ3v) is 4.59. The van der Waals surface area contributed by atoms with Gasteiger partial charge in [0.15, 0.2) is 9.84 Å². The lowest BCUT2D eigenvalue weighted by Gasteiger charge is -2.32. The summed E-state index contributed by atoms with van der Waals surface area (Å²) in [4.78, 5) is 11.2. The molecule has 1 aromatic carbocycles. The second-order valence-corrected chi connectivity index (χ2v) is 7.09. The van der Waals surface area contributed by atoms with E-state index < -0.39 is 21.2 Å². The second kappa shape index (κ2) is 5.30. The van der Waals surface area contributed by atoms with E-state index in [0.29, 0.717) is 0 Å². The van der Waals surface area contributed by atoms with Crippen LogP contribution in [-0.4, -0.2) is 31.8 Å². The first-order chi connectivity index (χ1) is 8.57. The van der Waals surface area contributed by atoms with Crippen molar-refractivity contribution >= 4 is 15.8 Å². The van der Waals surface area contributed by atoms with Crippen molar-refractivity contribution in [2.75, 3.05) is 6.26 Å². The summed E-state index contributed by atoms with van der Waals surface area (Å²) in [6, 6.07) is 5.85. The topological polar surface area (TPSA) is 97.5 Å². The number of carbonyl (C=O) groups is 1. The fourth-order valence-corrected chi connectivity index (χ4v) is 2.55. The molecule has 0 saturated carbocycles. The molecular weight excluding hydrogens is 266 g/mol. The van der Waals surface area contributed by atoms with E-state index in [4.69, 9.17) is 10.8 Å². The van der Waals surface area contributed by atoms with Gasteiger partial charge in [-0.25, -0.2) is 8.42 Å². The smallest absolute Gasteiger partial charge is 0.304 e. The Kier molecular flexibility index (Phi) is 4.37. The summed E-state index contributed by atoms with van der Waals surface area (Å²) in [6.07, 6.45) is 1.02. The molecule has 0 radical (unpaired) electrons. The fraction of sp³-hybridized carbons (Fsp3) is 0.462. The molecule has 6 heteroatoms. The van der Waals surface area contributed by atoms with E-state index in [2.05, 4.69) is 0 Å². The Bertz CT molecular complexity index is 563. The Hall–Kier alpha value is -1.40. The van der Waals surface area contributed by atoms with Crippen LogP contribution in [0.25, 0.3) is 0 Å². The highest BCUT2D eigenvalue weighted by Gasteiger charge is 2.33. The van der Waals surface area contributed by atoms with Crippen LogP contribution in [0.3, 0.4) is 0 Å². The summed E-state index contributed by atoms with van der Waals surface area (Å²) < 4.78 is 22.8. The zero-order chi connectivity index (χ0) is 14.8. The average molecular weight is 285 g/mol. The predicted molar refractivity (Wildman–Crippen MR) is 72.8 cm³/mol. The Morgan fingerprint density at radius 1 is 1.37 bits per heavy atom. The number of nitrogens with two attached hydrogens (primary N) is 1. The van der Waals surface area contributed by atoms with Crippen LogP contribution in [0.1, 0.15) is 25.8 Å². The van der Waals surface area contributed by atoms with Gasteiger partial charge in [0, 0.05) is 17.7 Å². The quantitative estimate of drug-likeness (QED) is 0.846. The number of aliphatic carboxylic acids is 1. The molecule has 2 unspecified atom stereocenters. The van der Waals surface area contributed by atoms with Crippen LogP contribution in [0.2, 0.25) is 0 Å². The third kappa shape index (κ3) is 3.54. The van der Waals surface area contributed by atoms with Crippen molar-refractivity contribution in [2.45, 2.75) is 36.6 Å². The molecular formula is C13H19NO4S. The lowest BCUT2D eigenvalue weighted by Crippen LogP contribution is -2.42. The van der Waals surface area contributed by atoms with Gasteiger partial charge in [-0.1, -0.05) is 19.1 Å². The van der Waals surface area contributed by atoms with Crippen LogP contribution < -0.4 is 5.73 Å². The molecule has 0 aliphatic heterocycles. The van der Waals surface area contributed by atoms with Gasteiger partial charge in [-0.3, -0.25) is 4.79 Å². The molecule has 19 heavy (non-hydrogen) atoms. The zero-order valence-electron chi connectivity index (χ0n) is 11.3. The maximum Gasteiger partial charge on any atom is 0.304 e. The van der Waals surface area contributed by atoms with Gasteiger partial charge in [0.25, 0.3) is 0 Å². The highest BCUT2D eigenvalue weighted by molar-refractivity contribution is 7.90. The van der Waals surface area contributed by atoms with E-state index >= 15 is 0 Å². The van der Waals surface area contributed by atoms with Gasteiger partial charge in [-0.05, 0) is 24.6 Å². The number of benzene rings is 1. The summed E-state index contributed by atoms with van der Waals surface area (Å²) in [5, 5.41) is 8.99. The minimum Gasteiger partial charge on any atom is -0.481 e. The lowest BCUT2D eigenvalue weighted by molar-refractivity contribution is -0.138. The van der Waals surface area contributed by atoms with Crippen molar-refractivity contribution in [2.24, 2.45) is 5.73 Å². The van der Waals surface area contributed by atoms with E-state index in [-0.39, 0.29) is 17.4 Å². The monoisotopic (exact) mass is 285 g/mol. The van der Waals surface area contributed by atoms with Crippen LogP contribution in [0.15, 0.2) is 29.2 Å². The van der Waals surface area contributed by atoms with Gasteiger partial charge in [-0.2, -0.15) is 0 Å². The van der Waals surface area contributed by atoms with Gasteiger partial charge >= 0.3 is 5.97 Å². The van der Waals surface area contributed by atoms with Crippen molar-refractivity contribution in [3.05, 3.63) is 29.8 Å². The standard InChI is InChI=1S/C13H19NO4S/c1-9(14)13(2,8-12(15)16)10-4-6-11(7-5-10)19(3,17)18/h4-7,9H,8,14H2,1-3H3,(H,15,16). The molecule has 2 atom stereocenters.